The van der Waals surface area contributed by atoms with E-state index in [-0.39, 0.29) is 18.1 Å². The summed E-state index contributed by atoms with van der Waals surface area (Å²) in [6.45, 7) is 8.12. The molecule has 0 bridgehead atoms. The lowest BCUT2D eigenvalue weighted by Crippen LogP contribution is -2.53. The number of nitrogens with one attached hydrogen (secondary N) is 1. The van der Waals surface area contributed by atoms with Gasteiger partial charge in [-0.25, -0.2) is 4.79 Å². The van der Waals surface area contributed by atoms with Crippen LogP contribution in [0, 0.1) is 6.92 Å². The Morgan fingerprint density at radius 2 is 2.42 bits per heavy atom. The zero-order valence-corrected chi connectivity index (χ0v) is 12.6. The van der Waals surface area contributed by atoms with Gasteiger partial charge in [-0.3, -0.25) is 0 Å². The van der Waals surface area contributed by atoms with E-state index in [4.69, 9.17) is 4.74 Å². The zero-order chi connectivity index (χ0) is 13.8. The van der Waals surface area contributed by atoms with Crippen molar-refractivity contribution >= 4 is 17.4 Å². The minimum Gasteiger partial charge on any atom is -0.377 e. The molecule has 0 aromatic carbocycles. The van der Waals surface area contributed by atoms with E-state index < -0.39 is 0 Å². The quantitative estimate of drug-likeness (QED) is 0.925. The number of carbonyl (C=O) groups is 1. The smallest absolute Gasteiger partial charge is 0.318 e. The van der Waals surface area contributed by atoms with Gasteiger partial charge in [0.1, 0.15) is 0 Å². The molecule has 0 aliphatic carbocycles. The van der Waals surface area contributed by atoms with Crippen LogP contribution in [0.4, 0.5) is 4.79 Å². The highest BCUT2D eigenvalue weighted by Gasteiger charge is 2.24. The summed E-state index contributed by atoms with van der Waals surface area (Å²) in [5, 5.41) is 3.08. The van der Waals surface area contributed by atoms with E-state index in [9.17, 15) is 4.79 Å². The van der Waals surface area contributed by atoms with E-state index in [1.165, 1.54) is 9.75 Å². The summed E-state index contributed by atoms with van der Waals surface area (Å²) in [7, 11) is 0. The molecule has 1 saturated heterocycles. The average Bonchev–Trinajstić information content (AvgIpc) is 2.74. The van der Waals surface area contributed by atoms with Gasteiger partial charge in [-0.1, -0.05) is 0 Å². The molecule has 106 valence electrons. The number of rotatable bonds is 3. The van der Waals surface area contributed by atoms with E-state index in [1.54, 1.807) is 11.3 Å². The summed E-state index contributed by atoms with van der Waals surface area (Å²) in [5.41, 5.74) is 0. The lowest BCUT2D eigenvalue weighted by atomic mass is 10.2. The molecular formula is C14H22N2O2S. The van der Waals surface area contributed by atoms with Crippen LogP contribution in [0.5, 0.6) is 0 Å². The van der Waals surface area contributed by atoms with Crippen molar-refractivity contribution in [2.75, 3.05) is 19.8 Å². The van der Waals surface area contributed by atoms with Crippen LogP contribution >= 0.6 is 11.3 Å². The van der Waals surface area contributed by atoms with Crippen molar-refractivity contribution < 1.29 is 9.53 Å². The van der Waals surface area contributed by atoms with Crippen molar-refractivity contribution in [3.63, 3.8) is 0 Å². The first-order valence-electron chi connectivity index (χ1n) is 6.76. The van der Waals surface area contributed by atoms with Gasteiger partial charge in [0.05, 0.1) is 19.3 Å². The third-order valence-corrected chi connectivity index (χ3v) is 4.32. The molecule has 1 aliphatic rings. The van der Waals surface area contributed by atoms with E-state index in [0.717, 1.165) is 6.42 Å². The van der Waals surface area contributed by atoms with Crippen molar-refractivity contribution in [2.24, 2.45) is 0 Å². The summed E-state index contributed by atoms with van der Waals surface area (Å²) in [6.07, 6.45) is 0.892. The predicted molar refractivity (Wildman–Crippen MR) is 77.7 cm³/mol. The highest BCUT2D eigenvalue weighted by atomic mass is 32.1. The first kappa shape index (κ1) is 14.3. The van der Waals surface area contributed by atoms with E-state index >= 15 is 0 Å². The Balaban J connectivity index is 1.84. The maximum atomic E-state index is 12.2. The van der Waals surface area contributed by atoms with Crippen molar-refractivity contribution in [1.29, 1.82) is 0 Å². The molecule has 1 N–H and O–H groups in total. The maximum Gasteiger partial charge on any atom is 0.318 e. The van der Waals surface area contributed by atoms with Crippen LogP contribution in [0.3, 0.4) is 0 Å². The molecular weight excluding hydrogens is 260 g/mol. The number of thiophene rings is 1. The normalized spacial score (nSPS) is 21.2. The summed E-state index contributed by atoms with van der Waals surface area (Å²) in [6, 6.07) is 4.60. The number of aryl methyl sites for hydroxylation is 1. The summed E-state index contributed by atoms with van der Waals surface area (Å²) >= 11 is 1.79. The standard InChI is InChI=1S/C14H22N2O2S/c1-10(8-13-5-4-12(3)19-13)15-14(17)16-6-7-18-9-11(16)2/h4-5,10-11H,6-9H2,1-3H3,(H,15,17)/t10-,11+/m1/s1. The van der Waals surface area contributed by atoms with E-state index in [1.807, 2.05) is 11.8 Å². The molecule has 1 fully saturated rings. The van der Waals surface area contributed by atoms with Gasteiger partial charge >= 0.3 is 6.03 Å². The molecule has 0 unspecified atom stereocenters. The molecule has 4 nitrogen and oxygen atoms in total. The highest BCUT2D eigenvalue weighted by Crippen LogP contribution is 2.17. The Morgan fingerprint density at radius 3 is 3.05 bits per heavy atom. The molecule has 2 heterocycles. The number of nitrogens with zero attached hydrogens (tertiary/aromatic N) is 1. The summed E-state index contributed by atoms with van der Waals surface area (Å²) in [4.78, 5) is 16.7. The number of ether oxygens (including phenoxy) is 1. The van der Waals surface area contributed by atoms with Crippen LogP contribution in [0.25, 0.3) is 0 Å². The van der Waals surface area contributed by atoms with Crippen LogP contribution in [0.1, 0.15) is 23.6 Å². The Kier molecular flexibility index (Phi) is 4.82. The van der Waals surface area contributed by atoms with Crippen LogP contribution in [-0.4, -0.2) is 42.8 Å². The molecule has 19 heavy (non-hydrogen) atoms. The molecule has 5 heteroatoms. The first-order valence-corrected chi connectivity index (χ1v) is 7.58. The number of amides is 2. The molecule has 2 rings (SSSR count). The second-order valence-electron chi connectivity index (χ2n) is 5.18. The number of hydrogen-bond donors (Lipinski definition) is 1. The molecule has 0 saturated carbocycles. The first-order chi connectivity index (χ1) is 9.06. The molecule has 1 aromatic heterocycles. The van der Waals surface area contributed by atoms with Gasteiger partial charge in [-0.15, -0.1) is 11.3 Å². The Bertz CT molecular complexity index is 433. The topological polar surface area (TPSA) is 41.6 Å². The largest absolute Gasteiger partial charge is 0.377 e. The monoisotopic (exact) mass is 282 g/mol. The highest BCUT2D eigenvalue weighted by molar-refractivity contribution is 7.11. The van der Waals surface area contributed by atoms with Crippen LogP contribution in [0.15, 0.2) is 12.1 Å². The number of hydrogen-bond acceptors (Lipinski definition) is 3. The second-order valence-corrected chi connectivity index (χ2v) is 6.56. The molecule has 2 atom stereocenters. The number of morpholine rings is 1. The molecule has 1 aliphatic heterocycles. The van der Waals surface area contributed by atoms with Crippen molar-refractivity contribution in [3.8, 4) is 0 Å². The van der Waals surface area contributed by atoms with Crippen LogP contribution < -0.4 is 5.32 Å². The van der Waals surface area contributed by atoms with Gasteiger partial charge in [0, 0.05) is 28.8 Å². The van der Waals surface area contributed by atoms with Crippen LogP contribution in [0.2, 0.25) is 0 Å². The maximum absolute atomic E-state index is 12.2. The fraction of sp³-hybridized carbons (Fsp3) is 0.643. The van der Waals surface area contributed by atoms with Gasteiger partial charge in [0.15, 0.2) is 0 Å². The van der Waals surface area contributed by atoms with Crippen molar-refractivity contribution in [3.05, 3.63) is 21.9 Å². The van der Waals surface area contributed by atoms with Gasteiger partial charge in [-0.05, 0) is 32.9 Å². The fourth-order valence-electron chi connectivity index (χ4n) is 2.27. The minimum atomic E-state index is 0.0246. The predicted octanol–water partition coefficient (Wildman–Crippen LogP) is 2.42. The van der Waals surface area contributed by atoms with E-state index in [2.05, 4.69) is 31.3 Å². The zero-order valence-electron chi connectivity index (χ0n) is 11.8. The van der Waals surface area contributed by atoms with Gasteiger partial charge in [0.2, 0.25) is 0 Å². The number of urea groups is 1. The van der Waals surface area contributed by atoms with Gasteiger partial charge in [-0.2, -0.15) is 0 Å². The summed E-state index contributed by atoms with van der Waals surface area (Å²) < 4.78 is 5.35. The SMILES string of the molecule is Cc1ccc(C[C@@H](C)NC(=O)N2CCOC[C@@H]2C)s1. The Hall–Kier alpha value is -1.07. The third-order valence-electron chi connectivity index (χ3n) is 3.30. The van der Waals surface area contributed by atoms with E-state index in [0.29, 0.717) is 19.8 Å². The van der Waals surface area contributed by atoms with Crippen molar-refractivity contribution in [2.45, 2.75) is 39.3 Å². The lowest BCUT2D eigenvalue weighted by Gasteiger charge is -2.34. The number of carbonyl (C=O) groups excluding carboxylic acids is 1. The third kappa shape index (κ3) is 3.94. The Labute approximate surface area is 118 Å². The van der Waals surface area contributed by atoms with Crippen molar-refractivity contribution in [1.82, 2.24) is 10.2 Å². The fourth-order valence-corrected chi connectivity index (χ4v) is 3.29. The summed E-state index contributed by atoms with van der Waals surface area (Å²) in [5.74, 6) is 0. The average molecular weight is 282 g/mol. The minimum absolute atomic E-state index is 0.0246. The van der Waals surface area contributed by atoms with Gasteiger partial charge in [0.25, 0.3) is 0 Å². The van der Waals surface area contributed by atoms with Gasteiger partial charge < -0.3 is 15.0 Å². The molecule has 1 aromatic rings. The molecule has 2 amide bonds. The lowest BCUT2D eigenvalue weighted by molar-refractivity contribution is 0.0185. The molecule has 0 spiro atoms. The van der Waals surface area contributed by atoms with Crippen LogP contribution in [-0.2, 0) is 11.2 Å². The second kappa shape index (κ2) is 6.39. The molecule has 0 radical (unpaired) electrons. The Morgan fingerprint density at radius 1 is 1.63 bits per heavy atom.